The van der Waals surface area contributed by atoms with Gasteiger partial charge in [-0.05, 0) is 56.1 Å². The van der Waals surface area contributed by atoms with E-state index in [2.05, 4.69) is 14.7 Å². The van der Waals surface area contributed by atoms with Gasteiger partial charge in [-0.15, -0.1) is 0 Å². The zero-order valence-electron chi connectivity index (χ0n) is 37.2. The number of hydrogen-bond donors (Lipinski definition) is 2. The maximum absolute atomic E-state index is 13.3. The molecule has 0 saturated carbocycles. The SMILES string of the molecule is COC(=O)c1coc(/C=C/CCC(C)C(CC(OC)C(C)CCC(=O)C(C)C(C/C=C/N(C)C=O)OC)OC(=O)CC(O)C/C=C/C(=O)C(C)C(OC)c2coc(C(N)=O)n2)n1. The van der Waals surface area contributed by atoms with Crippen LogP contribution in [0.4, 0.5) is 0 Å². The average Bonchev–Trinajstić information content (AvgIpc) is 3.95. The second-order valence-electron chi connectivity index (χ2n) is 15.3. The number of oxazole rings is 2. The molecule has 9 unspecified atom stereocenters. The Morgan fingerprint density at radius 2 is 1.55 bits per heavy atom. The van der Waals surface area contributed by atoms with Crippen molar-refractivity contribution in [3.05, 3.63) is 66.2 Å². The number of aliphatic hydroxyl groups is 1. The van der Waals surface area contributed by atoms with Gasteiger partial charge >= 0.3 is 17.8 Å². The van der Waals surface area contributed by atoms with Crippen molar-refractivity contribution >= 4 is 41.9 Å². The third-order valence-electron chi connectivity index (χ3n) is 10.6. The van der Waals surface area contributed by atoms with Crippen LogP contribution in [-0.4, -0.2) is 116 Å². The highest BCUT2D eigenvalue weighted by atomic mass is 16.5. The Balaban J connectivity index is 2.11. The Morgan fingerprint density at radius 3 is 2.16 bits per heavy atom. The first-order valence-corrected chi connectivity index (χ1v) is 20.5. The molecule has 2 aromatic rings. The molecule has 62 heavy (non-hydrogen) atoms. The third-order valence-corrected chi connectivity index (χ3v) is 10.6. The van der Waals surface area contributed by atoms with Crippen LogP contribution in [0.1, 0.15) is 118 Å². The number of aromatic nitrogens is 2. The molecule has 18 heteroatoms. The molecule has 9 atom stereocenters. The van der Waals surface area contributed by atoms with E-state index in [1.54, 1.807) is 46.5 Å². The summed E-state index contributed by atoms with van der Waals surface area (Å²) in [5, 5.41) is 10.8. The van der Waals surface area contributed by atoms with Crippen LogP contribution in [0.2, 0.25) is 0 Å². The van der Waals surface area contributed by atoms with Crippen molar-refractivity contribution in [2.24, 2.45) is 29.4 Å². The summed E-state index contributed by atoms with van der Waals surface area (Å²) in [4.78, 5) is 83.0. The first kappa shape index (κ1) is 52.8. The molecule has 2 aromatic heterocycles. The second kappa shape index (κ2) is 27.6. The second-order valence-corrected chi connectivity index (χ2v) is 15.3. The quantitative estimate of drug-likeness (QED) is 0.0560. The molecule has 0 aromatic carbocycles. The van der Waals surface area contributed by atoms with Crippen LogP contribution < -0.4 is 5.73 Å². The number of rotatable bonds is 31. The summed E-state index contributed by atoms with van der Waals surface area (Å²) in [7, 11) is 7.36. The number of methoxy groups -OCH3 is 4. The van der Waals surface area contributed by atoms with Crippen molar-refractivity contribution in [1.29, 1.82) is 0 Å². The van der Waals surface area contributed by atoms with E-state index in [4.69, 9.17) is 33.5 Å². The molecule has 18 nitrogen and oxygen atoms in total. The number of nitrogens with zero attached hydrogens (tertiary/aromatic N) is 3. The largest absolute Gasteiger partial charge is 0.464 e. The zero-order chi connectivity index (χ0) is 46.4. The molecule has 0 aliphatic rings. The minimum Gasteiger partial charge on any atom is -0.464 e. The fourth-order valence-electron chi connectivity index (χ4n) is 6.62. The molecular formula is C44H64N4O14. The Labute approximate surface area is 363 Å². The lowest BCUT2D eigenvalue weighted by Gasteiger charge is -2.31. The lowest BCUT2D eigenvalue weighted by molar-refractivity contribution is -0.156. The van der Waals surface area contributed by atoms with E-state index in [0.717, 1.165) is 0 Å². The van der Waals surface area contributed by atoms with E-state index < -0.39 is 54.1 Å². The summed E-state index contributed by atoms with van der Waals surface area (Å²) in [6.07, 6.45) is 11.6. The third kappa shape index (κ3) is 17.6. The van der Waals surface area contributed by atoms with E-state index in [1.807, 2.05) is 26.8 Å². The van der Waals surface area contributed by atoms with Crippen LogP contribution in [0.3, 0.4) is 0 Å². The average molecular weight is 873 g/mol. The van der Waals surface area contributed by atoms with Crippen molar-refractivity contribution in [2.75, 3.05) is 35.5 Å². The van der Waals surface area contributed by atoms with Gasteiger partial charge in [0.1, 0.15) is 36.2 Å². The molecule has 0 fully saturated rings. The summed E-state index contributed by atoms with van der Waals surface area (Å²) < 4.78 is 38.0. The van der Waals surface area contributed by atoms with Crippen LogP contribution >= 0.6 is 0 Å². The normalized spacial score (nSPS) is 16.3. The van der Waals surface area contributed by atoms with E-state index in [9.17, 15) is 33.9 Å². The maximum Gasteiger partial charge on any atom is 0.360 e. The summed E-state index contributed by atoms with van der Waals surface area (Å²) in [6, 6.07) is 0. The lowest BCUT2D eigenvalue weighted by atomic mass is 9.86. The van der Waals surface area contributed by atoms with E-state index in [1.165, 1.54) is 43.8 Å². The van der Waals surface area contributed by atoms with Gasteiger partial charge in [0.25, 0.3) is 5.89 Å². The Hall–Kier alpha value is -5.30. The minimum atomic E-state index is -1.16. The molecule has 344 valence electrons. The number of aliphatic hydroxyl groups excluding tert-OH is 1. The molecule has 0 aliphatic heterocycles. The highest BCUT2D eigenvalue weighted by Gasteiger charge is 2.31. The van der Waals surface area contributed by atoms with Gasteiger partial charge in [0.05, 0.1) is 37.8 Å². The number of amides is 2. The maximum atomic E-state index is 13.3. The van der Waals surface area contributed by atoms with E-state index in [-0.39, 0.29) is 71.9 Å². The van der Waals surface area contributed by atoms with Gasteiger partial charge in [-0.3, -0.25) is 24.0 Å². The molecule has 0 spiro atoms. The highest BCUT2D eigenvalue weighted by molar-refractivity contribution is 5.92. The van der Waals surface area contributed by atoms with E-state index in [0.29, 0.717) is 38.5 Å². The number of primary amides is 1. The summed E-state index contributed by atoms with van der Waals surface area (Å²) in [5.41, 5.74) is 5.47. The van der Waals surface area contributed by atoms with E-state index >= 15 is 0 Å². The predicted molar refractivity (Wildman–Crippen MR) is 225 cm³/mol. The number of hydrogen-bond acceptors (Lipinski definition) is 16. The lowest BCUT2D eigenvalue weighted by Crippen LogP contribution is -2.34. The van der Waals surface area contributed by atoms with Crippen molar-refractivity contribution in [1.82, 2.24) is 14.9 Å². The number of ketones is 2. The number of carbonyl (C=O) groups excluding carboxylic acids is 6. The smallest absolute Gasteiger partial charge is 0.360 e. The molecule has 0 radical (unpaired) electrons. The van der Waals surface area contributed by atoms with Crippen LogP contribution in [0.5, 0.6) is 0 Å². The van der Waals surface area contributed by atoms with Crippen molar-refractivity contribution in [2.45, 2.75) is 110 Å². The monoisotopic (exact) mass is 872 g/mol. The van der Waals surface area contributed by atoms with Gasteiger partial charge in [-0.1, -0.05) is 45.9 Å². The van der Waals surface area contributed by atoms with Crippen molar-refractivity contribution < 1.29 is 66.4 Å². The fourth-order valence-corrected chi connectivity index (χ4v) is 6.62. The zero-order valence-corrected chi connectivity index (χ0v) is 37.2. The van der Waals surface area contributed by atoms with Gasteiger partial charge in [0.2, 0.25) is 12.3 Å². The first-order chi connectivity index (χ1) is 29.5. The Morgan fingerprint density at radius 1 is 0.855 bits per heavy atom. The molecule has 3 N–H and O–H groups in total. The highest BCUT2D eigenvalue weighted by Crippen LogP contribution is 2.28. The Kier molecular flexibility index (Phi) is 23.5. The number of allylic oxidation sites excluding steroid dienone is 2. The number of ether oxygens (including phenoxy) is 5. The summed E-state index contributed by atoms with van der Waals surface area (Å²) >= 11 is 0. The predicted octanol–water partition coefficient (Wildman–Crippen LogP) is 5.21. The first-order valence-electron chi connectivity index (χ1n) is 20.5. The van der Waals surface area contributed by atoms with Gasteiger partial charge in [0, 0.05) is 53.3 Å². The standard InChI is InChI=1S/C44H64N4O14/c1-27(14-10-11-18-39-46-33(25-60-39)44(55)59-9)38(23-37(57-7)28(2)19-20-35(52)29(3)36(56-6)17-13-21-48(5)26-49)62-40(53)22-31(50)15-12-16-34(51)30(4)41(58-8)32-24-61-43(47-32)42(45)54/h11-13,16,18,21,24-31,36-38,41,50H,10,14-15,17,19-20,22-23H2,1-9H3,(H2,45,54)/b16-12+,18-11+,21-13+. The number of nitrogens with two attached hydrogens (primary N) is 1. The van der Waals surface area contributed by atoms with Crippen LogP contribution in [-0.2, 0) is 42.9 Å². The molecule has 0 bridgehead atoms. The number of esters is 2. The summed E-state index contributed by atoms with van der Waals surface area (Å²) in [5.74, 6) is -3.97. The van der Waals surface area contributed by atoms with Gasteiger partial charge in [-0.2, -0.15) is 0 Å². The van der Waals surface area contributed by atoms with Gasteiger partial charge in [0.15, 0.2) is 11.5 Å². The summed E-state index contributed by atoms with van der Waals surface area (Å²) in [6.45, 7) is 7.34. The van der Waals surface area contributed by atoms with Crippen LogP contribution in [0.25, 0.3) is 6.08 Å². The number of carbonyl (C=O) groups is 6. The minimum absolute atomic E-state index is 0.0231. The fraction of sp³-hybridized carbons (Fsp3) is 0.591. The van der Waals surface area contributed by atoms with Crippen LogP contribution in [0, 0.1) is 23.7 Å². The molecule has 2 heterocycles. The molecule has 0 aliphatic carbocycles. The number of Topliss-reactive ketones (excluding diaryl/α,β-unsaturated/α-hetero) is 1. The molecule has 2 amide bonds. The van der Waals surface area contributed by atoms with Gasteiger partial charge < -0.3 is 48.3 Å². The van der Waals surface area contributed by atoms with Crippen LogP contribution in [0.15, 0.2) is 51.9 Å². The van der Waals surface area contributed by atoms with Gasteiger partial charge in [-0.25, -0.2) is 14.8 Å². The molecule has 0 saturated heterocycles. The topological polar surface area (TPSA) is 250 Å². The Bertz CT molecular complexity index is 1820. The van der Waals surface area contributed by atoms with Crippen molar-refractivity contribution in [3.63, 3.8) is 0 Å². The van der Waals surface area contributed by atoms with Crippen molar-refractivity contribution in [3.8, 4) is 0 Å². The molecular weight excluding hydrogens is 808 g/mol. The molecule has 2 rings (SSSR count).